The van der Waals surface area contributed by atoms with Crippen molar-refractivity contribution in [3.05, 3.63) is 40.6 Å². The molecule has 3 rings (SSSR count). The third-order valence-electron chi connectivity index (χ3n) is 3.72. The van der Waals surface area contributed by atoms with E-state index in [1.165, 1.54) is 11.9 Å². The van der Waals surface area contributed by atoms with Gasteiger partial charge in [0.25, 0.3) is 5.56 Å². The number of benzene rings is 1. The van der Waals surface area contributed by atoms with Gasteiger partial charge < -0.3 is 10.3 Å². The molecule has 0 bridgehead atoms. The number of hydrogen-bond acceptors (Lipinski definition) is 4. The van der Waals surface area contributed by atoms with Crippen LogP contribution in [0, 0.1) is 5.82 Å². The molecule has 0 spiro atoms. The fraction of sp³-hybridized carbons (Fsp3) is 0.400. The van der Waals surface area contributed by atoms with Crippen LogP contribution < -0.4 is 10.9 Å². The lowest BCUT2D eigenvalue weighted by Gasteiger charge is -2.25. The van der Waals surface area contributed by atoms with Gasteiger partial charge in [-0.3, -0.25) is 4.79 Å². The fourth-order valence-electron chi connectivity index (χ4n) is 2.58. The first kappa shape index (κ1) is 14.6. The number of nitrogens with zero attached hydrogens (tertiary/aromatic N) is 1. The molecule has 1 aromatic heterocycles. The third kappa shape index (κ3) is 2.97. The van der Waals surface area contributed by atoms with E-state index in [9.17, 15) is 9.18 Å². The molecule has 1 aromatic carbocycles. The molecule has 4 nitrogen and oxygen atoms in total. The van der Waals surface area contributed by atoms with Crippen molar-refractivity contribution in [2.45, 2.75) is 24.3 Å². The third-order valence-corrected chi connectivity index (χ3v) is 5.03. The van der Waals surface area contributed by atoms with E-state index in [1.54, 1.807) is 12.1 Å². The summed E-state index contributed by atoms with van der Waals surface area (Å²) < 4.78 is 16.4. The van der Waals surface area contributed by atoms with Crippen molar-refractivity contribution in [1.29, 1.82) is 0 Å². The van der Waals surface area contributed by atoms with Crippen molar-refractivity contribution in [2.24, 2.45) is 0 Å². The second-order valence-corrected chi connectivity index (χ2v) is 6.37. The SMILES string of the molecule is CC1CNCCCN1Sc1cccc2c(=O)[nH]cc(F)c12. The number of pyridine rings is 1. The number of hydrogen-bond donors (Lipinski definition) is 2. The van der Waals surface area contributed by atoms with Gasteiger partial charge in [-0.2, -0.15) is 0 Å². The second-order valence-electron chi connectivity index (χ2n) is 5.28. The van der Waals surface area contributed by atoms with E-state index in [-0.39, 0.29) is 11.4 Å². The van der Waals surface area contributed by atoms with Gasteiger partial charge in [0.2, 0.25) is 0 Å². The van der Waals surface area contributed by atoms with E-state index in [0.29, 0.717) is 16.8 Å². The Morgan fingerprint density at radius 2 is 2.29 bits per heavy atom. The number of aromatic amines is 1. The Hall–Kier alpha value is -1.37. The normalized spacial score (nSPS) is 20.6. The summed E-state index contributed by atoms with van der Waals surface area (Å²) in [4.78, 5) is 15.1. The van der Waals surface area contributed by atoms with Crippen LogP contribution in [-0.2, 0) is 0 Å². The zero-order chi connectivity index (χ0) is 14.8. The summed E-state index contributed by atoms with van der Waals surface area (Å²) in [5.41, 5.74) is -0.251. The highest BCUT2D eigenvalue weighted by Gasteiger charge is 2.19. The van der Waals surface area contributed by atoms with E-state index in [4.69, 9.17) is 0 Å². The summed E-state index contributed by atoms with van der Waals surface area (Å²) in [5, 5.41) is 4.20. The molecule has 1 saturated heterocycles. The summed E-state index contributed by atoms with van der Waals surface area (Å²) in [5.74, 6) is -0.381. The molecule has 1 unspecified atom stereocenters. The first-order chi connectivity index (χ1) is 10.2. The average Bonchev–Trinajstić information content (AvgIpc) is 2.68. The molecule has 21 heavy (non-hydrogen) atoms. The van der Waals surface area contributed by atoms with Gasteiger partial charge in [-0.1, -0.05) is 6.07 Å². The van der Waals surface area contributed by atoms with Crippen LogP contribution in [0.2, 0.25) is 0 Å². The van der Waals surface area contributed by atoms with Crippen molar-refractivity contribution >= 4 is 22.7 Å². The molecule has 2 N–H and O–H groups in total. The lowest BCUT2D eigenvalue weighted by Crippen LogP contribution is -2.32. The van der Waals surface area contributed by atoms with Crippen molar-refractivity contribution < 1.29 is 4.39 Å². The van der Waals surface area contributed by atoms with Gasteiger partial charge >= 0.3 is 0 Å². The highest BCUT2D eigenvalue weighted by molar-refractivity contribution is 7.97. The van der Waals surface area contributed by atoms with E-state index >= 15 is 0 Å². The molecule has 0 amide bonds. The molecule has 2 aromatic rings. The molecule has 0 radical (unpaired) electrons. The topological polar surface area (TPSA) is 48.1 Å². The lowest BCUT2D eigenvalue weighted by molar-refractivity contribution is 0.394. The van der Waals surface area contributed by atoms with Crippen LogP contribution in [0.5, 0.6) is 0 Å². The summed E-state index contributed by atoms with van der Waals surface area (Å²) in [6.07, 6.45) is 2.20. The Labute approximate surface area is 126 Å². The first-order valence-corrected chi connectivity index (χ1v) is 7.89. The first-order valence-electron chi connectivity index (χ1n) is 7.12. The number of rotatable bonds is 2. The smallest absolute Gasteiger partial charge is 0.256 e. The van der Waals surface area contributed by atoms with Crippen molar-refractivity contribution in [2.75, 3.05) is 19.6 Å². The van der Waals surface area contributed by atoms with Crippen LogP contribution in [0.3, 0.4) is 0 Å². The Morgan fingerprint density at radius 3 is 3.14 bits per heavy atom. The standard InChI is InChI=1S/C15H18FN3OS/c1-10-8-17-6-3-7-19(10)21-13-5-2-4-11-14(13)12(16)9-18-15(11)20/h2,4-5,9-10,17H,3,6-8H2,1H3,(H,18,20). The molecule has 1 aliphatic heterocycles. The van der Waals surface area contributed by atoms with E-state index < -0.39 is 0 Å². The molecule has 112 valence electrons. The Bertz CT molecular complexity index is 703. The Kier molecular flexibility index (Phi) is 4.28. The molecule has 6 heteroatoms. The monoisotopic (exact) mass is 307 g/mol. The van der Waals surface area contributed by atoms with Crippen molar-refractivity contribution in [1.82, 2.24) is 14.6 Å². The van der Waals surface area contributed by atoms with Gasteiger partial charge in [0.1, 0.15) is 5.82 Å². The van der Waals surface area contributed by atoms with Gasteiger partial charge in [-0.25, -0.2) is 8.70 Å². The highest BCUT2D eigenvalue weighted by atomic mass is 32.2. The van der Waals surface area contributed by atoms with Gasteiger partial charge in [0.15, 0.2) is 0 Å². The van der Waals surface area contributed by atoms with Crippen LogP contribution in [-0.4, -0.2) is 35.0 Å². The largest absolute Gasteiger partial charge is 0.326 e. The summed E-state index contributed by atoms with van der Waals surface area (Å²) >= 11 is 1.54. The minimum absolute atomic E-state index is 0.251. The van der Waals surface area contributed by atoms with Crippen molar-refractivity contribution in [3.8, 4) is 0 Å². The van der Waals surface area contributed by atoms with Crippen LogP contribution in [0.4, 0.5) is 4.39 Å². The maximum atomic E-state index is 14.1. The highest BCUT2D eigenvalue weighted by Crippen LogP contribution is 2.32. The quantitative estimate of drug-likeness (QED) is 0.836. The van der Waals surface area contributed by atoms with E-state index in [1.807, 2.05) is 6.07 Å². The second kappa shape index (κ2) is 6.17. The van der Waals surface area contributed by atoms with Gasteiger partial charge in [0, 0.05) is 35.6 Å². The number of nitrogens with one attached hydrogen (secondary N) is 2. The summed E-state index contributed by atoms with van der Waals surface area (Å²) in [7, 11) is 0. The van der Waals surface area contributed by atoms with Crippen LogP contribution in [0.25, 0.3) is 10.8 Å². The number of fused-ring (bicyclic) bond motifs is 1. The predicted octanol–water partition coefficient (Wildman–Crippen LogP) is 2.36. The average molecular weight is 307 g/mol. The molecular weight excluding hydrogens is 289 g/mol. The lowest BCUT2D eigenvalue weighted by atomic mass is 10.2. The maximum absolute atomic E-state index is 14.1. The van der Waals surface area contributed by atoms with Crippen LogP contribution in [0.1, 0.15) is 13.3 Å². The molecule has 0 saturated carbocycles. The molecular formula is C15H18FN3OS. The fourth-order valence-corrected chi connectivity index (χ4v) is 3.74. The molecule has 1 atom stereocenters. The van der Waals surface area contributed by atoms with Crippen molar-refractivity contribution in [3.63, 3.8) is 0 Å². The Balaban J connectivity index is 2.00. The number of halogens is 1. The number of aromatic nitrogens is 1. The van der Waals surface area contributed by atoms with E-state index in [2.05, 4.69) is 21.5 Å². The van der Waals surface area contributed by atoms with Gasteiger partial charge in [-0.15, -0.1) is 0 Å². The van der Waals surface area contributed by atoms with E-state index in [0.717, 1.165) is 37.1 Å². The summed E-state index contributed by atoms with van der Waals surface area (Å²) in [6, 6.07) is 5.70. The molecule has 1 aliphatic rings. The zero-order valence-corrected chi connectivity index (χ0v) is 12.7. The molecule has 2 heterocycles. The number of H-pyrrole nitrogens is 1. The minimum atomic E-state index is -0.381. The Morgan fingerprint density at radius 1 is 1.43 bits per heavy atom. The molecule has 1 fully saturated rings. The maximum Gasteiger partial charge on any atom is 0.256 e. The zero-order valence-electron chi connectivity index (χ0n) is 11.9. The van der Waals surface area contributed by atoms with Crippen LogP contribution in [0.15, 0.2) is 34.1 Å². The van der Waals surface area contributed by atoms with Gasteiger partial charge in [0.05, 0.1) is 5.39 Å². The predicted molar refractivity (Wildman–Crippen MR) is 84.0 cm³/mol. The van der Waals surface area contributed by atoms with Gasteiger partial charge in [-0.05, 0) is 44.0 Å². The minimum Gasteiger partial charge on any atom is -0.326 e. The molecule has 0 aliphatic carbocycles. The summed E-state index contributed by atoms with van der Waals surface area (Å²) in [6.45, 7) is 5.02. The van der Waals surface area contributed by atoms with Crippen LogP contribution >= 0.6 is 11.9 Å².